The molecule has 116 valence electrons. The van der Waals surface area contributed by atoms with Crippen molar-refractivity contribution in [3.63, 3.8) is 0 Å². The molecule has 1 aromatic carbocycles. The highest BCUT2D eigenvalue weighted by Gasteiger charge is 2.40. The summed E-state index contributed by atoms with van der Waals surface area (Å²) in [5.41, 5.74) is 0.876. The Bertz CT molecular complexity index is 488. The highest BCUT2D eigenvalue weighted by Crippen LogP contribution is 2.41. The monoisotopic (exact) mass is 355 g/mol. The SMILES string of the molecule is Fc1ccc(Br)cc1CNCC1CCC2(CCCCC2)O1. The third kappa shape index (κ3) is 3.85. The quantitative estimate of drug-likeness (QED) is 0.854. The molecule has 4 heteroatoms. The molecule has 0 radical (unpaired) electrons. The minimum absolute atomic E-state index is 0.151. The van der Waals surface area contributed by atoms with E-state index in [1.807, 2.05) is 6.07 Å². The number of hydrogen-bond donors (Lipinski definition) is 1. The lowest BCUT2D eigenvalue weighted by Gasteiger charge is -2.33. The first-order valence-electron chi connectivity index (χ1n) is 7.99. The van der Waals surface area contributed by atoms with Crippen LogP contribution in [0.25, 0.3) is 0 Å². The van der Waals surface area contributed by atoms with E-state index < -0.39 is 0 Å². The Balaban J connectivity index is 1.47. The first kappa shape index (κ1) is 15.4. The summed E-state index contributed by atoms with van der Waals surface area (Å²) in [6.45, 7) is 1.37. The highest BCUT2D eigenvalue weighted by atomic mass is 79.9. The molecule has 1 atom stereocenters. The number of halogens is 2. The van der Waals surface area contributed by atoms with Crippen molar-refractivity contribution >= 4 is 15.9 Å². The Morgan fingerprint density at radius 1 is 1.24 bits per heavy atom. The molecule has 1 aliphatic heterocycles. The van der Waals surface area contributed by atoms with E-state index >= 15 is 0 Å². The first-order chi connectivity index (χ1) is 10.2. The maximum absolute atomic E-state index is 13.7. The summed E-state index contributed by atoms with van der Waals surface area (Å²) >= 11 is 3.38. The molecule has 1 heterocycles. The van der Waals surface area contributed by atoms with Gasteiger partial charge in [0.05, 0.1) is 11.7 Å². The summed E-state index contributed by atoms with van der Waals surface area (Å²) in [4.78, 5) is 0. The second kappa shape index (κ2) is 6.76. The van der Waals surface area contributed by atoms with Gasteiger partial charge in [-0.2, -0.15) is 0 Å². The van der Waals surface area contributed by atoms with Gasteiger partial charge in [-0.3, -0.25) is 0 Å². The maximum atomic E-state index is 13.7. The van der Waals surface area contributed by atoms with Crippen LogP contribution in [0.4, 0.5) is 4.39 Å². The van der Waals surface area contributed by atoms with Crippen molar-refractivity contribution < 1.29 is 9.13 Å². The van der Waals surface area contributed by atoms with Gasteiger partial charge < -0.3 is 10.1 Å². The molecule has 0 bridgehead atoms. The second-order valence-corrected chi connectivity index (χ2v) is 7.30. The average Bonchev–Trinajstić information content (AvgIpc) is 2.86. The summed E-state index contributed by atoms with van der Waals surface area (Å²) in [6.07, 6.45) is 9.05. The van der Waals surface area contributed by atoms with E-state index in [0.717, 1.165) is 17.4 Å². The van der Waals surface area contributed by atoms with Crippen LogP contribution < -0.4 is 5.32 Å². The highest BCUT2D eigenvalue weighted by molar-refractivity contribution is 9.10. The molecule has 1 unspecified atom stereocenters. The predicted molar refractivity (Wildman–Crippen MR) is 85.7 cm³/mol. The minimum atomic E-state index is -0.151. The van der Waals surface area contributed by atoms with Gasteiger partial charge in [0, 0.05) is 23.1 Å². The summed E-state index contributed by atoms with van der Waals surface area (Å²) < 4.78 is 20.9. The molecule has 0 aromatic heterocycles. The van der Waals surface area contributed by atoms with Crippen LogP contribution in [-0.2, 0) is 11.3 Å². The van der Waals surface area contributed by atoms with E-state index in [9.17, 15) is 4.39 Å². The van der Waals surface area contributed by atoms with Crippen molar-refractivity contribution in [3.8, 4) is 0 Å². The number of benzene rings is 1. The van der Waals surface area contributed by atoms with Crippen molar-refractivity contribution in [2.45, 2.75) is 63.2 Å². The Kier molecular flexibility index (Phi) is 4.97. The lowest BCUT2D eigenvalue weighted by molar-refractivity contribution is -0.0624. The van der Waals surface area contributed by atoms with Crippen LogP contribution in [0.1, 0.15) is 50.5 Å². The zero-order valence-electron chi connectivity index (χ0n) is 12.3. The van der Waals surface area contributed by atoms with Crippen LogP contribution in [0.3, 0.4) is 0 Å². The zero-order valence-corrected chi connectivity index (χ0v) is 13.9. The fourth-order valence-corrected chi connectivity index (χ4v) is 4.06. The van der Waals surface area contributed by atoms with E-state index in [4.69, 9.17) is 4.74 Å². The molecule has 1 aromatic rings. The van der Waals surface area contributed by atoms with Gasteiger partial charge in [-0.25, -0.2) is 4.39 Å². The number of ether oxygens (including phenoxy) is 1. The maximum Gasteiger partial charge on any atom is 0.127 e. The molecular formula is C17H23BrFNO. The van der Waals surface area contributed by atoms with E-state index in [1.54, 1.807) is 6.07 Å². The predicted octanol–water partition coefficient (Wildman–Crippen LogP) is 4.56. The summed E-state index contributed by atoms with van der Waals surface area (Å²) in [5, 5.41) is 3.35. The van der Waals surface area contributed by atoms with Crippen molar-refractivity contribution in [2.24, 2.45) is 0 Å². The van der Waals surface area contributed by atoms with Crippen LogP contribution in [0.15, 0.2) is 22.7 Å². The zero-order chi connectivity index (χ0) is 14.7. The van der Waals surface area contributed by atoms with Gasteiger partial charge in [0.15, 0.2) is 0 Å². The third-order valence-corrected chi connectivity index (χ3v) is 5.29. The van der Waals surface area contributed by atoms with E-state index in [2.05, 4.69) is 21.2 Å². The van der Waals surface area contributed by atoms with Crippen molar-refractivity contribution in [2.75, 3.05) is 6.54 Å². The second-order valence-electron chi connectivity index (χ2n) is 6.39. The van der Waals surface area contributed by atoms with Crippen LogP contribution >= 0.6 is 15.9 Å². The summed E-state index contributed by atoms with van der Waals surface area (Å²) in [7, 11) is 0. The Morgan fingerprint density at radius 2 is 2.05 bits per heavy atom. The molecule has 1 saturated carbocycles. The lowest BCUT2D eigenvalue weighted by atomic mass is 9.83. The van der Waals surface area contributed by atoms with Gasteiger partial charge in [-0.05, 0) is 43.9 Å². The fraction of sp³-hybridized carbons (Fsp3) is 0.647. The van der Waals surface area contributed by atoms with Gasteiger partial charge in [0.1, 0.15) is 5.82 Å². The van der Waals surface area contributed by atoms with Crippen molar-refractivity contribution in [1.82, 2.24) is 5.32 Å². The number of nitrogens with one attached hydrogen (secondary N) is 1. The molecule has 3 rings (SSSR count). The van der Waals surface area contributed by atoms with Crippen LogP contribution in [0.2, 0.25) is 0 Å². The summed E-state index contributed by atoms with van der Waals surface area (Å²) in [5.74, 6) is -0.151. The number of rotatable bonds is 4. The molecule has 21 heavy (non-hydrogen) atoms. The van der Waals surface area contributed by atoms with Gasteiger partial charge in [-0.15, -0.1) is 0 Å². The van der Waals surface area contributed by atoms with E-state index in [0.29, 0.717) is 18.2 Å². The molecule has 2 fully saturated rings. The van der Waals surface area contributed by atoms with E-state index in [1.165, 1.54) is 44.6 Å². The first-order valence-corrected chi connectivity index (χ1v) is 8.79. The molecule has 1 saturated heterocycles. The average molecular weight is 356 g/mol. The van der Waals surface area contributed by atoms with Crippen molar-refractivity contribution in [1.29, 1.82) is 0 Å². The van der Waals surface area contributed by atoms with Gasteiger partial charge >= 0.3 is 0 Å². The van der Waals surface area contributed by atoms with Gasteiger partial charge in [-0.1, -0.05) is 35.2 Å². The Hall–Kier alpha value is -0.450. The normalized spacial score (nSPS) is 24.6. The van der Waals surface area contributed by atoms with E-state index in [-0.39, 0.29) is 11.4 Å². The molecule has 1 aliphatic carbocycles. The molecule has 0 amide bonds. The molecule has 2 nitrogen and oxygen atoms in total. The lowest BCUT2D eigenvalue weighted by Crippen LogP contribution is -2.34. The summed E-state index contributed by atoms with van der Waals surface area (Å²) in [6, 6.07) is 5.07. The Labute approximate surface area is 134 Å². The standard InChI is InChI=1S/C17H23BrFNO/c18-14-4-5-16(19)13(10-14)11-20-12-15-6-9-17(21-15)7-2-1-3-8-17/h4-5,10,15,20H,1-3,6-9,11-12H2. The van der Waals surface area contributed by atoms with Crippen LogP contribution in [-0.4, -0.2) is 18.2 Å². The topological polar surface area (TPSA) is 21.3 Å². The van der Waals surface area contributed by atoms with Gasteiger partial charge in [0.2, 0.25) is 0 Å². The smallest absolute Gasteiger partial charge is 0.127 e. The number of hydrogen-bond acceptors (Lipinski definition) is 2. The van der Waals surface area contributed by atoms with Crippen LogP contribution in [0, 0.1) is 5.82 Å². The Morgan fingerprint density at radius 3 is 2.86 bits per heavy atom. The minimum Gasteiger partial charge on any atom is -0.370 e. The molecule has 2 aliphatic rings. The van der Waals surface area contributed by atoms with Crippen molar-refractivity contribution in [3.05, 3.63) is 34.1 Å². The molecule has 1 N–H and O–H groups in total. The molecular weight excluding hydrogens is 333 g/mol. The molecule has 1 spiro atoms. The third-order valence-electron chi connectivity index (χ3n) is 4.80. The largest absolute Gasteiger partial charge is 0.370 e. The fourth-order valence-electron chi connectivity index (χ4n) is 3.65. The van der Waals surface area contributed by atoms with Gasteiger partial charge in [0.25, 0.3) is 0 Å². The van der Waals surface area contributed by atoms with Crippen LogP contribution in [0.5, 0.6) is 0 Å².